The molecule has 0 unspecified atom stereocenters. The van der Waals surface area contributed by atoms with Crippen molar-refractivity contribution in [1.29, 1.82) is 0 Å². The number of ether oxygens (including phenoxy) is 1. The molecule has 0 saturated carbocycles. The third-order valence-electron chi connectivity index (χ3n) is 1.86. The molecule has 0 saturated heterocycles. The quantitative estimate of drug-likeness (QED) is 0.702. The average Bonchev–Trinajstić information content (AvgIpc) is 2.18. The number of aldehydes is 1. The maximum atomic E-state index is 10.6. The summed E-state index contributed by atoms with van der Waals surface area (Å²) in [6.07, 6.45) is 1.58. The molecular weight excluding hydrogens is 166 g/mol. The minimum absolute atomic E-state index is 0.572. The van der Waals surface area contributed by atoms with Gasteiger partial charge in [0, 0.05) is 0 Å². The standard InChI is InChI=1S/C10H13NO2/c1-13-10-6-8(4-5-11)2-3-9(10)7-12/h2-3,6-7H,4-5,11H2,1H3. The van der Waals surface area contributed by atoms with E-state index in [0.29, 0.717) is 17.9 Å². The van der Waals surface area contributed by atoms with Gasteiger partial charge in [0.05, 0.1) is 12.7 Å². The summed E-state index contributed by atoms with van der Waals surface area (Å²) in [5, 5.41) is 0. The number of hydrogen-bond donors (Lipinski definition) is 1. The van der Waals surface area contributed by atoms with Crippen LogP contribution < -0.4 is 10.5 Å². The van der Waals surface area contributed by atoms with Crippen molar-refractivity contribution >= 4 is 6.29 Å². The molecule has 0 heterocycles. The second-order valence-electron chi connectivity index (χ2n) is 2.73. The fraction of sp³-hybridized carbons (Fsp3) is 0.300. The van der Waals surface area contributed by atoms with Gasteiger partial charge in [-0.3, -0.25) is 4.79 Å². The van der Waals surface area contributed by atoms with Crippen molar-refractivity contribution in [1.82, 2.24) is 0 Å². The van der Waals surface area contributed by atoms with E-state index in [-0.39, 0.29) is 0 Å². The molecule has 0 aliphatic rings. The van der Waals surface area contributed by atoms with E-state index in [1.54, 1.807) is 13.2 Å². The van der Waals surface area contributed by atoms with E-state index in [2.05, 4.69) is 0 Å². The Balaban J connectivity index is 2.98. The summed E-state index contributed by atoms with van der Waals surface area (Å²) in [4.78, 5) is 10.6. The first-order valence-corrected chi connectivity index (χ1v) is 4.14. The Morgan fingerprint density at radius 1 is 1.54 bits per heavy atom. The van der Waals surface area contributed by atoms with Crippen molar-refractivity contribution in [3.05, 3.63) is 29.3 Å². The Hall–Kier alpha value is -1.35. The van der Waals surface area contributed by atoms with Gasteiger partial charge in [0.15, 0.2) is 6.29 Å². The predicted octanol–water partition coefficient (Wildman–Crippen LogP) is 1.01. The molecule has 0 atom stereocenters. The second kappa shape index (κ2) is 4.62. The van der Waals surface area contributed by atoms with Gasteiger partial charge < -0.3 is 10.5 Å². The first-order chi connectivity index (χ1) is 6.31. The highest BCUT2D eigenvalue weighted by Crippen LogP contribution is 2.18. The van der Waals surface area contributed by atoms with Crippen LogP contribution in [0.3, 0.4) is 0 Å². The Labute approximate surface area is 77.5 Å². The second-order valence-corrected chi connectivity index (χ2v) is 2.73. The normalized spacial score (nSPS) is 9.69. The molecular formula is C10H13NO2. The lowest BCUT2D eigenvalue weighted by atomic mass is 10.1. The van der Waals surface area contributed by atoms with E-state index in [1.807, 2.05) is 12.1 Å². The minimum atomic E-state index is 0.572. The van der Waals surface area contributed by atoms with Crippen LogP contribution in [0.25, 0.3) is 0 Å². The van der Waals surface area contributed by atoms with Crippen LogP contribution in [0, 0.1) is 0 Å². The summed E-state index contributed by atoms with van der Waals surface area (Å²) in [6, 6.07) is 5.48. The summed E-state index contributed by atoms with van der Waals surface area (Å²) < 4.78 is 5.05. The smallest absolute Gasteiger partial charge is 0.153 e. The van der Waals surface area contributed by atoms with Gasteiger partial charge in [-0.25, -0.2) is 0 Å². The Kier molecular flexibility index (Phi) is 3.46. The van der Waals surface area contributed by atoms with E-state index >= 15 is 0 Å². The highest BCUT2D eigenvalue weighted by molar-refractivity contribution is 5.79. The minimum Gasteiger partial charge on any atom is -0.496 e. The molecule has 3 nitrogen and oxygen atoms in total. The number of benzene rings is 1. The number of nitrogens with two attached hydrogens (primary N) is 1. The van der Waals surface area contributed by atoms with Crippen molar-refractivity contribution in [2.75, 3.05) is 13.7 Å². The van der Waals surface area contributed by atoms with E-state index in [1.165, 1.54) is 0 Å². The zero-order valence-corrected chi connectivity index (χ0v) is 7.62. The SMILES string of the molecule is COc1cc(CCN)ccc1C=O. The van der Waals surface area contributed by atoms with Crippen LogP contribution in [0.1, 0.15) is 15.9 Å². The van der Waals surface area contributed by atoms with Crippen LogP contribution in [0.5, 0.6) is 5.75 Å². The lowest BCUT2D eigenvalue weighted by Crippen LogP contribution is -2.03. The lowest BCUT2D eigenvalue weighted by Gasteiger charge is -2.05. The lowest BCUT2D eigenvalue weighted by molar-refractivity contribution is 0.112. The summed E-state index contributed by atoms with van der Waals surface area (Å²) >= 11 is 0. The molecule has 0 aliphatic carbocycles. The topological polar surface area (TPSA) is 52.3 Å². The molecule has 1 aromatic carbocycles. The maximum Gasteiger partial charge on any atom is 0.153 e. The molecule has 0 bridgehead atoms. The summed E-state index contributed by atoms with van der Waals surface area (Å²) in [5.41, 5.74) is 7.07. The zero-order valence-electron chi connectivity index (χ0n) is 7.62. The molecule has 0 spiro atoms. The molecule has 13 heavy (non-hydrogen) atoms. The fourth-order valence-electron chi connectivity index (χ4n) is 1.18. The third kappa shape index (κ3) is 2.29. The van der Waals surface area contributed by atoms with Crippen LogP contribution >= 0.6 is 0 Å². The van der Waals surface area contributed by atoms with Crippen molar-refractivity contribution in [3.63, 3.8) is 0 Å². The van der Waals surface area contributed by atoms with Crippen LogP contribution in [0.2, 0.25) is 0 Å². The van der Waals surface area contributed by atoms with E-state index < -0.39 is 0 Å². The molecule has 0 amide bonds. The van der Waals surface area contributed by atoms with Crippen LogP contribution in [-0.4, -0.2) is 19.9 Å². The van der Waals surface area contributed by atoms with Crippen molar-refractivity contribution in [3.8, 4) is 5.75 Å². The van der Waals surface area contributed by atoms with Crippen LogP contribution in [0.4, 0.5) is 0 Å². The van der Waals surface area contributed by atoms with Crippen LogP contribution in [0.15, 0.2) is 18.2 Å². The number of methoxy groups -OCH3 is 1. The molecule has 2 N–H and O–H groups in total. The van der Waals surface area contributed by atoms with Crippen LogP contribution in [-0.2, 0) is 6.42 Å². The van der Waals surface area contributed by atoms with Gasteiger partial charge in [-0.15, -0.1) is 0 Å². The van der Waals surface area contributed by atoms with Gasteiger partial charge in [-0.05, 0) is 30.7 Å². The number of rotatable bonds is 4. The average molecular weight is 179 g/mol. The summed E-state index contributed by atoms with van der Waals surface area (Å²) in [6.45, 7) is 0.601. The van der Waals surface area contributed by atoms with Gasteiger partial charge in [0.1, 0.15) is 5.75 Å². The molecule has 0 radical (unpaired) electrons. The number of hydrogen-bond acceptors (Lipinski definition) is 3. The molecule has 70 valence electrons. The highest BCUT2D eigenvalue weighted by Gasteiger charge is 2.02. The first kappa shape index (κ1) is 9.74. The largest absolute Gasteiger partial charge is 0.496 e. The third-order valence-corrected chi connectivity index (χ3v) is 1.86. The highest BCUT2D eigenvalue weighted by atomic mass is 16.5. The van der Waals surface area contributed by atoms with Gasteiger partial charge >= 0.3 is 0 Å². The molecule has 0 aromatic heterocycles. The molecule has 1 aromatic rings. The van der Waals surface area contributed by atoms with Gasteiger partial charge in [0.25, 0.3) is 0 Å². The Morgan fingerprint density at radius 2 is 2.31 bits per heavy atom. The van der Waals surface area contributed by atoms with E-state index in [0.717, 1.165) is 18.3 Å². The van der Waals surface area contributed by atoms with Gasteiger partial charge in [0.2, 0.25) is 0 Å². The molecule has 0 aliphatic heterocycles. The maximum absolute atomic E-state index is 10.6. The molecule has 3 heteroatoms. The Morgan fingerprint density at radius 3 is 2.85 bits per heavy atom. The van der Waals surface area contributed by atoms with Crippen molar-refractivity contribution in [2.24, 2.45) is 5.73 Å². The molecule has 1 rings (SSSR count). The number of carbonyl (C=O) groups excluding carboxylic acids is 1. The summed E-state index contributed by atoms with van der Waals surface area (Å²) in [5.74, 6) is 0.612. The Bertz CT molecular complexity index is 297. The van der Waals surface area contributed by atoms with E-state index in [4.69, 9.17) is 10.5 Å². The zero-order chi connectivity index (χ0) is 9.68. The van der Waals surface area contributed by atoms with E-state index in [9.17, 15) is 4.79 Å². The van der Waals surface area contributed by atoms with Gasteiger partial charge in [-0.2, -0.15) is 0 Å². The van der Waals surface area contributed by atoms with Gasteiger partial charge in [-0.1, -0.05) is 6.07 Å². The summed E-state index contributed by atoms with van der Waals surface area (Å²) in [7, 11) is 1.55. The first-order valence-electron chi connectivity index (χ1n) is 4.14. The monoisotopic (exact) mass is 179 g/mol. The predicted molar refractivity (Wildman–Crippen MR) is 51.1 cm³/mol. The fourth-order valence-corrected chi connectivity index (χ4v) is 1.18. The van der Waals surface area contributed by atoms with Crippen molar-refractivity contribution in [2.45, 2.75) is 6.42 Å². The number of carbonyl (C=O) groups is 1. The molecule has 0 fully saturated rings. The van der Waals surface area contributed by atoms with Crippen molar-refractivity contribution < 1.29 is 9.53 Å².